The Balaban J connectivity index is 1.84. The SMILES string of the molecule is CN(C)Cc1ccc(CNC(=O)N[C@H]2CCCC[C@H]2CO)cc1F. The third-order valence-corrected chi connectivity index (χ3v) is 4.52. The van der Waals surface area contributed by atoms with Crippen molar-refractivity contribution >= 4 is 6.03 Å². The Morgan fingerprint density at radius 1 is 1.33 bits per heavy atom. The van der Waals surface area contributed by atoms with Crippen molar-refractivity contribution in [3.05, 3.63) is 35.1 Å². The van der Waals surface area contributed by atoms with Crippen LogP contribution in [0.1, 0.15) is 36.8 Å². The number of aliphatic hydroxyl groups is 1. The number of aliphatic hydroxyl groups excluding tert-OH is 1. The minimum Gasteiger partial charge on any atom is -0.396 e. The van der Waals surface area contributed by atoms with Crippen LogP contribution in [0.5, 0.6) is 0 Å². The summed E-state index contributed by atoms with van der Waals surface area (Å²) >= 11 is 0. The van der Waals surface area contributed by atoms with Crippen LogP contribution >= 0.6 is 0 Å². The average molecular weight is 337 g/mol. The number of benzene rings is 1. The second-order valence-electron chi connectivity index (χ2n) is 6.82. The number of nitrogens with zero attached hydrogens (tertiary/aromatic N) is 1. The standard InChI is InChI=1S/C18H28FN3O2/c1-22(2)11-14-8-7-13(9-16(14)19)10-20-18(24)21-17-6-4-3-5-15(17)12-23/h7-9,15,17,23H,3-6,10-12H2,1-2H3,(H2,20,21,24)/t15-,17-/m0/s1. The molecule has 5 nitrogen and oxygen atoms in total. The number of nitrogens with one attached hydrogen (secondary N) is 2. The van der Waals surface area contributed by atoms with E-state index in [2.05, 4.69) is 10.6 Å². The molecule has 0 bridgehead atoms. The molecule has 1 aromatic carbocycles. The van der Waals surface area contributed by atoms with E-state index >= 15 is 0 Å². The summed E-state index contributed by atoms with van der Waals surface area (Å²) in [6, 6.07) is 4.81. The predicted molar refractivity (Wildman–Crippen MR) is 92.0 cm³/mol. The lowest BCUT2D eigenvalue weighted by Gasteiger charge is -2.30. The second kappa shape index (κ2) is 8.99. The van der Waals surface area contributed by atoms with E-state index in [0.717, 1.165) is 31.2 Å². The molecular formula is C18H28FN3O2. The maximum atomic E-state index is 14.0. The molecule has 2 rings (SSSR count). The maximum absolute atomic E-state index is 14.0. The van der Waals surface area contributed by atoms with Gasteiger partial charge in [-0.3, -0.25) is 0 Å². The summed E-state index contributed by atoms with van der Waals surface area (Å²) in [5, 5.41) is 15.1. The summed E-state index contributed by atoms with van der Waals surface area (Å²) in [5.74, 6) is -0.122. The molecule has 1 fully saturated rings. The number of carbonyl (C=O) groups excluding carboxylic acids is 1. The van der Waals surface area contributed by atoms with Crippen LogP contribution in [0.4, 0.5) is 9.18 Å². The molecule has 0 radical (unpaired) electrons. The summed E-state index contributed by atoms with van der Waals surface area (Å²) in [7, 11) is 3.79. The number of hydrogen-bond donors (Lipinski definition) is 3. The number of hydrogen-bond acceptors (Lipinski definition) is 3. The van der Waals surface area contributed by atoms with Crippen LogP contribution < -0.4 is 10.6 Å². The molecule has 1 aromatic rings. The van der Waals surface area contributed by atoms with E-state index < -0.39 is 0 Å². The Labute approximate surface area is 143 Å². The first-order valence-corrected chi connectivity index (χ1v) is 8.57. The van der Waals surface area contributed by atoms with Crippen molar-refractivity contribution in [3.63, 3.8) is 0 Å². The second-order valence-corrected chi connectivity index (χ2v) is 6.82. The lowest BCUT2D eigenvalue weighted by Crippen LogP contribution is -2.47. The van der Waals surface area contributed by atoms with Crippen molar-refractivity contribution in [2.24, 2.45) is 5.92 Å². The van der Waals surface area contributed by atoms with Crippen molar-refractivity contribution in [1.29, 1.82) is 0 Å². The molecule has 0 heterocycles. The lowest BCUT2D eigenvalue weighted by atomic mass is 9.85. The van der Waals surface area contributed by atoms with Crippen LogP contribution in [0.3, 0.4) is 0 Å². The Hall–Kier alpha value is -1.66. The highest BCUT2D eigenvalue weighted by Crippen LogP contribution is 2.23. The molecule has 0 aromatic heterocycles. The van der Waals surface area contributed by atoms with Crippen LogP contribution in [0.2, 0.25) is 0 Å². The van der Waals surface area contributed by atoms with Gasteiger partial charge in [0, 0.05) is 37.2 Å². The Bertz CT molecular complexity index is 551. The molecule has 3 N–H and O–H groups in total. The number of halogens is 1. The number of carbonyl (C=O) groups is 1. The van der Waals surface area contributed by atoms with E-state index in [1.165, 1.54) is 6.07 Å². The summed E-state index contributed by atoms with van der Waals surface area (Å²) < 4.78 is 14.0. The van der Waals surface area contributed by atoms with Gasteiger partial charge in [-0.2, -0.15) is 0 Å². The first-order valence-electron chi connectivity index (χ1n) is 8.57. The maximum Gasteiger partial charge on any atom is 0.315 e. The Morgan fingerprint density at radius 2 is 2.08 bits per heavy atom. The normalized spacial score (nSPS) is 20.9. The molecule has 0 unspecified atom stereocenters. The summed E-state index contributed by atoms with van der Waals surface area (Å²) in [6.45, 7) is 0.926. The van der Waals surface area contributed by atoms with Crippen LogP contribution in [0.15, 0.2) is 18.2 Å². The zero-order valence-corrected chi connectivity index (χ0v) is 14.5. The third-order valence-electron chi connectivity index (χ3n) is 4.52. The van der Waals surface area contributed by atoms with E-state index in [9.17, 15) is 14.3 Å². The van der Waals surface area contributed by atoms with Gasteiger partial charge in [0.15, 0.2) is 0 Å². The summed E-state index contributed by atoms with van der Waals surface area (Å²) in [5.41, 5.74) is 1.37. The first-order chi connectivity index (χ1) is 11.5. The predicted octanol–water partition coefficient (Wildman–Crippen LogP) is 2.24. The highest BCUT2D eigenvalue weighted by molar-refractivity contribution is 5.74. The molecule has 2 amide bonds. The molecule has 1 aliphatic carbocycles. The molecular weight excluding hydrogens is 309 g/mol. The molecule has 2 atom stereocenters. The van der Waals surface area contributed by atoms with E-state index in [-0.39, 0.29) is 37.0 Å². The van der Waals surface area contributed by atoms with Crippen molar-refractivity contribution in [2.75, 3.05) is 20.7 Å². The van der Waals surface area contributed by atoms with E-state index in [4.69, 9.17) is 0 Å². The fraction of sp³-hybridized carbons (Fsp3) is 0.611. The smallest absolute Gasteiger partial charge is 0.315 e. The van der Waals surface area contributed by atoms with Gasteiger partial charge in [-0.25, -0.2) is 9.18 Å². The van der Waals surface area contributed by atoms with Crippen LogP contribution in [0.25, 0.3) is 0 Å². The highest BCUT2D eigenvalue weighted by atomic mass is 19.1. The van der Waals surface area contributed by atoms with Crippen LogP contribution in [0, 0.1) is 11.7 Å². The Morgan fingerprint density at radius 3 is 2.75 bits per heavy atom. The van der Waals surface area contributed by atoms with Gasteiger partial charge >= 0.3 is 6.03 Å². The average Bonchev–Trinajstić information content (AvgIpc) is 2.55. The number of urea groups is 1. The molecule has 1 saturated carbocycles. The fourth-order valence-electron chi connectivity index (χ4n) is 3.19. The molecule has 6 heteroatoms. The molecule has 0 spiro atoms. The minimum atomic E-state index is -0.266. The molecule has 0 aliphatic heterocycles. The lowest BCUT2D eigenvalue weighted by molar-refractivity contribution is 0.153. The topological polar surface area (TPSA) is 64.6 Å². The van der Waals surface area contributed by atoms with Gasteiger partial charge in [-0.05, 0) is 38.6 Å². The van der Waals surface area contributed by atoms with Gasteiger partial charge in [0.2, 0.25) is 0 Å². The van der Waals surface area contributed by atoms with Gasteiger partial charge in [0.05, 0.1) is 0 Å². The van der Waals surface area contributed by atoms with Gasteiger partial charge in [-0.1, -0.05) is 25.0 Å². The fourth-order valence-corrected chi connectivity index (χ4v) is 3.19. The van der Waals surface area contributed by atoms with Gasteiger partial charge < -0.3 is 20.6 Å². The van der Waals surface area contributed by atoms with E-state index in [1.807, 2.05) is 25.1 Å². The molecule has 1 aliphatic rings. The molecule has 24 heavy (non-hydrogen) atoms. The van der Waals surface area contributed by atoms with Crippen molar-refractivity contribution in [1.82, 2.24) is 15.5 Å². The monoisotopic (exact) mass is 337 g/mol. The molecule has 0 saturated heterocycles. The van der Waals surface area contributed by atoms with Crippen molar-refractivity contribution < 1.29 is 14.3 Å². The zero-order valence-electron chi connectivity index (χ0n) is 14.5. The minimum absolute atomic E-state index is 0.0166. The van der Waals surface area contributed by atoms with Gasteiger partial charge in [0.25, 0.3) is 0 Å². The summed E-state index contributed by atoms with van der Waals surface area (Å²) in [4.78, 5) is 13.9. The highest BCUT2D eigenvalue weighted by Gasteiger charge is 2.25. The van der Waals surface area contributed by atoms with Crippen LogP contribution in [-0.4, -0.2) is 42.8 Å². The van der Waals surface area contributed by atoms with E-state index in [0.29, 0.717) is 12.1 Å². The quantitative estimate of drug-likeness (QED) is 0.746. The summed E-state index contributed by atoms with van der Waals surface area (Å²) in [6.07, 6.45) is 4.01. The number of amides is 2. The van der Waals surface area contributed by atoms with Crippen molar-refractivity contribution in [2.45, 2.75) is 44.8 Å². The first kappa shape index (κ1) is 18.7. The Kier molecular flexibility index (Phi) is 6.99. The largest absolute Gasteiger partial charge is 0.396 e. The number of rotatable bonds is 6. The molecule has 134 valence electrons. The zero-order chi connectivity index (χ0) is 17.5. The third kappa shape index (κ3) is 5.46. The van der Waals surface area contributed by atoms with Crippen molar-refractivity contribution in [3.8, 4) is 0 Å². The van der Waals surface area contributed by atoms with E-state index in [1.54, 1.807) is 6.07 Å². The van der Waals surface area contributed by atoms with Crippen LogP contribution in [-0.2, 0) is 13.1 Å². The van der Waals surface area contributed by atoms with Gasteiger partial charge in [0.1, 0.15) is 5.82 Å². The van der Waals surface area contributed by atoms with Gasteiger partial charge in [-0.15, -0.1) is 0 Å².